The maximum atomic E-state index is 12.7. The second kappa shape index (κ2) is 8.17. The van der Waals surface area contributed by atoms with Gasteiger partial charge in [0.25, 0.3) is 5.91 Å². The van der Waals surface area contributed by atoms with Gasteiger partial charge in [-0.25, -0.2) is 4.98 Å². The molecule has 0 radical (unpaired) electrons. The quantitative estimate of drug-likeness (QED) is 0.663. The van der Waals surface area contributed by atoms with Gasteiger partial charge in [0.05, 0.1) is 5.69 Å². The van der Waals surface area contributed by atoms with E-state index in [2.05, 4.69) is 29.4 Å². The van der Waals surface area contributed by atoms with E-state index in [4.69, 9.17) is 0 Å². The molecule has 29 heavy (non-hydrogen) atoms. The Balaban J connectivity index is 1.48. The van der Waals surface area contributed by atoms with Gasteiger partial charge in [0.1, 0.15) is 0 Å². The molecule has 0 unspecified atom stereocenters. The predicted molar refractivity (Wildman–Crippen MR) is 116 cm³/mol. The van der Waals surface area contributed by atoms with Crippen LogP contribution in [0.15, 0.2) is 48.5 Å². The van der Waals surface area contributed by atoms with E-state index in [1.807, 2.05) is 42.2 Å². The number of amides is 2. The molecule has 0 atom stereocenters. The zero-order valence-corrected chi connectivity index (χ0v) is 17.4. The first-order valence-electron chi connectivity index (χ1n) is 9.72. The maximum absolute atomic E-state index is 12.7. The molecule has 0 bridgehead atoms. The summed E-state index contributed by atoms with van der Waals surface area (Å²) in [5.74, 6) is -0.00875. The molecule has 6 heteroatoms. The minimum absolute atomic E-state index is 0.182. The number of carbonyl (C=O) groups excluding carboxylic acids is 2. The van der Waals surface area contributed by atoms with Gasteiger partial charge in [0.2, 0.25) is 5.91 Å². The van der Waals surface area contributed by atoms with E-state index in [1.54, 1.807) is 6.07 Å². The van der Waals surface area contributed by atoms with Crippen LogP contribution < -0.4 is 5.32 Å². The third kappa shape index (κ3) is 4.38. The summed E-state index contributed by atoms with van der Waals surface area (Å²) in [6.07, 6.45) is 1.53. The fourth-order valence-corrected chi connectivity index (χ4v) is 4.33. The molecule has 2 aromatic carbocycles. The van der Waals surface area contributed by atoms with Crippen molar-refractivity contribution in [2.45, 2.75) is 33.2 Å². The molecule has 1 aromatic heterocycles. The summed E-state index contributed by atoms with van der Waals surface area (Å²) in [5.41, 5.74) is 4.67. The van der Waals surface area contributed by atoms with Crippen molar-refractivity contribution in [2.24, 2.45) is 0 Å². The Morgan fingerprint density at radius 3 is 2.69 bits per heavy atom. The van der Waals surface area contributed by atoms with Gasteiger partial charge in [-0.1, -0.05) is 42.0 Å². The van der Waals surface area contributed by atoms with E-state index in [0.29, 0.717) is 23.7 Å². The molecule has 5 nitrogen and oxygen atoms in total. The summed E-state index contributed by atoms with van der Waals surface area (Å²) in [6, 6.07) is 15.7. The number of thiazole rings is 1. The monoisotopic (exact) mass is 405 g/mol. The number of anilines is 1. The van der Waals surface area contributed by atoms with Crippen molar-refractivity contribution in [2.75, 3.05) is 11.9 Å². The van der Waals surface area contributed by atoms with Crippen LogP contribution in [0.3, 0.4) is 0 Å². The normalized spacial score (nSPS) is 13.7. The molecule has 0 spiro atoms. The van der Waals surface area contributed by atoms with E-state index in [9.17, 15) is 9.59 Å². The first kappa shape index (κ1) is 19.3. The van der Waals surface area contributed by atoms with Crippen molar-refractivity contribution in [3.63, 3.8) is 0 Å². The topological polar surface area (TPSA) is 62.3 Å². The third-order valence-electron chi connectivity index (χ3n) is 5.08. The number of nitrogens with one attached hydrogen (secondary N) is 1. The van der Waals surface area contributed by atoms with Crippen LogP contribution in [0.5, 0.6) is 0 Å². The van der Waals surface area contributed by atoms with Crippen LogP contribution in [-0.2, 0) is 11.3 Å². The van der Waals surface area contributed by atoms with Gasteiger partial charge < -0.3 is 4.90 Å². The molecular weight excluding hydrogens is 382 g/mol. The summed E-state index contributed by atoms with van der Waals surface area (Å²) in [7, 11) is 0. The largest absolute Gasteiger partial charge is 0.338 e. The number of carbonyl (C=O) groups is 2. The number of aromatic nitrogens is 1. The van der Waals surface area contributed by atoms with Crippen LogP contribution >= 0.6 is 11.3 Å². The summed E-state index contributed by atoms with van der Waals surface area (Å²) < 4.78 is 0. The molecule has 1 saturated heterocycles. The molecule has 148 valence electrons. The molecule has 1 aliphatic heterocycles. The molecule has 0 aliphatic carbocycles. The highest BCUT2D eigenvalue weighted by Crippen LogP contribution is 2.30. The Morgan fingerprint density at radius 1 is 1.17 bits per heavy atom. The summed E-state index contributed by atoms with van der Waals surface area (Å²) in [4.78, 5) is 32.1. The van der Waals surface area contributed by atoms with Crippen LogP contribution in [-0.4, -0.2) is 28.2 Å². The number of hydrogen-bond donors (Lipinski definition) is 1. The smallest absolute Gasteiger partial charge is 0.257 e. The van der Waals surface area contributed by atoms with Crippen LogP contribution in [0, 0.1) is 13.8 Å². The Bertz CT molecular complexity index is 1060. The summed E-state index contributed by atoms with van der Waals surface area (Å²) in [5, 5.41) is 3.50. The van der Waals surface area contributed by atoms with Gasteiger partial charge in [-0.2, -0.15) is 0 Å². The molecule has 1 N–H and O–H groups in total. The second-order valence-electron chi connectivity index (χ2n) is 7.36. The minimum atomic E-state index is -0.191. The highest BCUT2D eigenvalue weighted by atomic mass is 32.1. The molecular formula is C23H23N3O2S. The maximum Gasteiger partial charge on any atom is 0.257 e. The zero-order chi connectivity index (χ0) is 20.4. The second-order valence-corrected chi connectivity index (χ2v) is 8.57. The van der Waals surface area contributed by atoms with E-state index in [1.165, 1.54) is 16.9 Å². The van der Waals surface area contributed by atoms with Crippen molar-refractivity contribution < 1.29 is 9.59 Å². The Labute approximate surface area is 174 Å². The predicted octanol–water partition coefficient (Wildman–Crippen LogP) is 4.80. The van der Waals surface area contributed by atoms with Crippen molar-refractivity contribution in [1.82, 2.24) is 9.88 Å². The van der Waals surface area contributed by atoms with E-state index < -0.39 is 0 Å². The SMILES string of the molecule is Cc1ccc(-c2nc(NC(=O)c3cccc(CN4CCCC4=O)c3)sc2C)cc1. The zero-order valence-electron chi connectivity index (χ0n) is 16.6. The number of benzene rings is 2. The highest BCUT2D eigenvalue weighted by molar-refractivity contribution is 7.16. The van der Waals surface area contributed by atoms with Crippen molar-refractivity contribution in [3.8, 4) is 11.3 Å². The lowest BCUT2D eigenvalue weighted by atomic mass is 10.1. The molecule has 0 saturated carbocycles. The minimum Gasteiger partial charge on any atom is -0.338 e. The first-order valence-corrected chi connectivity index (χ1v) is 10.5. The number of nitrogens with zero attached hydrogens (tertiary/aromatic N) is 2. The van der Waals surface area contributed by atoms with E-state index in [0.717, 1.165) is 34.7 Å². The molecule has 2 heterocycles. The number of likely N-dealkylation sites (tertiary alicyclic amines) is 1. The van der Waals surface area contributed by atoms with Gasteiger partial charge in [-0.05, 0) is 38.0 Å². The molecule has 1 aliphatic rings. The van der Waals surface area contributed by atoms with E-state index >= 15 is 0 Å². The van der Waals surface area contributed by atoms with Crippen molar-refractivity contribution in [3.05, 3.63) is 70.1 Å². The van der Waals surface area contributed by atoms with Crippen LogP contribution in [0.4, 0.5) is 5.13 Å². The number of rotatable bonds is 5. The summed E-state index contributed by atoms with van der Waals surface area (Å²) >= 11 is 1.47. The Hall–Kier alpha value is -2.99. The third-order valence-corrected chi connectivity index (χ3v) is 5.96. The fraction of sp³-hybridized carbons (Fsp3) is 0.261. The lowest BCUT2D eigenvalue weighted by Gasteiger charge is -2.15. The Morgan fingerprint density at radius 2 is 1.97 bits per heavy atom. The Kier molecular flexibility index (Phi) is 5.45. The standard InChI is InChI=1S/C23H23N3O2S/c1-15-8-10-18(11-9-15)21-16(2)29-23(24-21)25-22(28)19-6-3-5-17(13-19)14-26-12-4-7-20(26)27/h3,5-6,8-11,13H,4,7,12,14H2,1-2H3,(H,24,25,28). The molecule has 2 amide bonds. The lowest BCUT2D eigenvalue weighted by molar-refractivity contribution is -0.128. The van der Waals surface area contributed by atoms with Crippen molar-refractivity contribution in [1.29, 1.82) is 0 Å². The lowest BCUT2D eigenvalue weighted by Crippen LogP contribution is -2.24. The van der Waals surface area contributed by atoms with Gasteiger partial charge in [-0.15, -0.1) is 11.3 Å². The van der Waals surface area contributed by atoms with Gasteiger partial charge >= 0.3 is 0 Å². The number of hydrogen-bond acceptors (Lipinski definition) is 4. The molecule has 1 fully saturated rings. The van der Waals surface area contributed by atoms with Crippen LogP contribution in [0.25, 0.3) is 11.3 Å². The molecule has 3 aromatic rings. The van der Waals surface area contributed by atoms with E-state index in [-0.39, 0.29) is 11.8 Å². The van der Waals surface area contributed by atoms with Crippen molar-refractivity contribution >= 4 is 28.3 Å². The average molecular weight is 406 g/mol. The summed E-state index contributed by atoms with van der Waals surface area (Å²) in [6.45, 7) is 5.40. The number of aryl methyl sites for hydroxylation is 2. The fourth-order valence-electron chi connectivity index (χ4n) is 3.50. The van der Waals surface area contributed by atoms with Gasteiger partial charge in [-0.3, -0.25) is 14.9 Å². The average Bonchev–Trinajstić information content (AvgIpc) is 3.28. The molecule has 4 rings (SSSR count). The first-order chi connectivity index (χ1) is 14.0. The van der Waals surface area contributed by atoms with Gasteiger partial charge in [0.15, 0.2) is 5.13 Å². The van der Waals surface area contributed by atoms with Gasteiger partial charge in [0, 0.05) is 35.5 Å². The van der Waals surface area contributed by atoms with Crippen LogP contribution in [0.2, 0.25) is 0 Å². The highest BCUT2D eigenvalue weighted by Gasteiger charge is 2.20. The van der Waals surface area contributed by atoms with Crippen LogP contribution in [0.1, 0.15) is 39.2 Å².